The molecule has 0 aliphatic rings. The Bertz CT molecular complexity index is 730. The molecule has 1 unspecified atom stereocenters. The lowest BCUT2D eigenvalue weighted by molar-refractivity contribution is -0.141. The van der Waals surface area contributed by atoms with Gasteiger partial charge in [0.15, 0.2) is 5.82 Å². The first-order chi connectivity index (χ1) is 11.2. The minimum absolute atomic E-state index is 0.0240. The summed E-state index contributed by atoms with van der Waals surface area (Å²) in [4.78, 5) is 3.32. The zero-order chi connectivity index (χ0) is 18.1. The number of hydrogen-bond acceptors (Lipinski definition) is 3. The van der Waals surface area contributed by atoms with Crippen LogP contribution in [0.2, 0.25) is 5.02 Å². The van der Waals surface area contributed by atoms with Gasteiger partial charge in [-0.05, 0) is 26.0 Å². The summed E-state index contributed by atoms with van der Waals surface area (Å²) in [6.45, 7) is 3.27. The Morgan fingerprint density at radius 3 is 2.46 bits per heavy atom. The molecule has 1 aromatic carbocycles. The van der Waals surface area contributed by atoms with Gasteiger partial charge in [-0.15, -0.1) is 0 Å². The summed E-state index contributed by atoms with van der Waals surface area (Å²) < 4.78 is 57.8. The third-order valence-corrected chi connectivity index (χ3v) is 3.56. The zero-order valence-electron chi connectivity index (χ0n) is 12.8. The number of rotatable bonds is 4. The minimum atomic E-state index is -4.60. The van der Waals surface area contributed by atoms with E-state index in [0.717, 1.165) is 18.3 Å². The van der Waals surface area contributed by atoms with Crippen molar-refractivity contribution in [2.24, 2.45) is 0 Å². The molecule has 130 valence electrons. The average Bonchev–Trinajstić information content (AvgIpc) is 2.50. The van der Waals surface area contributed by atoms with Gasteiger partial charge in [-0.1, -0.05) is 17.7 Å². The smallest absolute Gasteiger partial charge is 0.433 e. The molecule has 0 aliphatic heterocycles. The van der Waals surface area contributed by atoms with Crippen molar-refractivity contribution in [1.29, 1.82) is 0 Å². The molecule has 0 saturated carbocycles. The number of hydrogen-bond donors (Lipinski definition) is 1. The normalized spacial score (nSPS) is 13.0. The van der Waals surface area contributed by atoms with Crippen LogP contribution < -0.4 is 4.74 Å². The van der Waals surface area contributed by atoms with E-state index in [1.165, 1.54) is 13.0 Å². The molecule has 2 aromatic rings. The first-order valence-electron chi connectivity index (χ1n) is 7.03. The first kappa shape index (κ1) is 18.5. The molecule has 24 heavy (non-hydrogen) atoms. The van der Waals surface area contributed by atoms with E-state index in [-0.39, 0.29) is 34.1 Å². The molecule has 0 aliphatic carbocycles. The summed E-state index contributed by atoms with van der Waals surface area (Å²) in [5, 5.41) is 9.57. The molecule has 0 bridgehead atoms. The van der Waals surface area contributed by atoms with Crippen LogP contribution in [-0.4, -0.2) is 16.7 Å². The third-order valence-electron chi connectivity index (χ3n) is 3.28. The maximum absolute atomic E-state index is 14.5. The molecule has 1 N–H and O–H groups in total. The average molecular weight is 364 g/mol. The van der Waals surface area contributed by atoms with Gasteiger partial charge in [0, 0.05) is 17.3 Å². The highest BCUT2D eigenvalue weighted by Crippen LogP contribution is 2.42. The molecule has 2 rings (SSSR count). The van der Waals surface area contributed by atoms with Crippen molar-refractivity contribution in [2.75, 3.05) is 6.61 Å². The van der Waals surface area contributed by atoms with E-state index < -0.39 is 23.8 Å². The van der Waals surface area contributed by atoms with E-state index in [4.69, 9.17) is 16.3 Å². The molecular formula is C16H14ClF4NO2. The van der Waals surface area contributed by atoms with Crippen LogP contribution in [0.1, 0.15) is 31.2 Å². The highest BCUT2D eigenvalue weighted by Gasteiger charge is 2.32. The maximum Gasteiger partial charge on any atom is 0.433 e. The summed E-state index contributed by atoms with van der Waals surface area (Å²) in [5.74, 6) is -0.831. The number of pyridine rings is 1. The van der Waals surface area contributed by atoms with Crippen molar-refractivity contribution >= 4 is 11.6 Å². The SMILES string of the molecule is CCOc1c(C(C)O)cc(Cl)c(F)c1-c1ccc(C(F)(F)F)nc1. The quantitative estimate of drug-likeness (QED) is 0.776. The molecule has 0 radical (unpaired) electrons. The standard InChI is InChI=1S/C16H14ClF4NO2/c1-3-24-15-10(8(2)23)6-11(17)14(18)13(15)9-4-5-12(22-7-9)16(19,20)21/h4-8,23H,3H2,1-2H3. The fraction of sp³-hybridized carbons (Fsp3) is 0.312. The second-order valence-corrected chi connectivity index (χ2v) is 5.41. The van der Waals surface area contributed by atoms with Crippen molar-refractivity contribution < 1.29 is 27.4 Å². The van der Waals surface area contributed by atoms with Gasteiger partial charge in [-0.3, -0.25) is 4.98 Å². The van der Waals surface area contributed by atoms with Crippen LogP contribution in [0.15, 0.2) is 24.4 Å². The number of alkyl halides is 3. The predicted molar refractivity (Wildman–Crippen MR) is 81.4 cm³/mol. The van der Waals surface area contributed by atoms with E-state index in [1.54, 1.807) is 6.92 Å². The Labute approximate surface area is 140 Å². The fourth-order valence-corrected chi connectivity index (χ4v) is 2.42. The highest BCUT2D eigenvalue weighted by molar-refractivity contribution is 6.31. The Kier molecular flexibility index (Phi) is 5.35. The number of ether oxygens (including phenoxy) is 1. The fourth-order valence-electron chi connectivity index (χ4n) is 2.21. The summed E-state index contributed by atoms with van der Waals surface area (Å²) in [7, 11) is 0. The van der Waals surface area contributed by atoms with Crippen molar-refractivity contribution in [2.45, 2.75) is 26.1 Å². The van der Waals surface area contributed by atoms with Crippen LogP contribution in [0.3, 0.4) is 0 Å². The molecule has 0 spiro atoms. The van der Waals surface area contributed by atoms with Crippen molar-refractivity contribution in [1.82, 2.24) is 4.98 Å². The lowest BCUT2D eigenvalue weighted by Gasteiger charge is -2.19. The van der Waals surface area contributed by atoms with E-state index >= 15 is 0 Å². The summed E-state index contributed by atoms with van der Waals surface area (Å²) in [5.41, 5.74) is -0.935. The van der Waals surface area contributed by atoms with E-state index in [9.17, 15) is 22.7 Å². The number of halogens is 5. The third kappa shape index (κ3) is 3.62. The monoisotopic (exact) mass is 363 g/mol. The summed E-state index contributed by atoms with van der Waals surface area (Å²) in [6.07, 6.45) is -4.71. The van der Waals surface area contributed by atoms with Gasteiger partial charge in [-0.25, -0.2) is 4.39 Å². The lowest BCUT2D eigenvalue weighted by Crippen LogP contribution is -2.08. The Morgan fingerprint density at radius 1 is 1.33 bits per heavy atom. The second kappa shape index (κ2) is 6.94. The largest absolute Gasteiger partial charge is 0.493 e. The van der Waals surface area contributed by atoms with E-state index in [2.05, 4.69) is 4.98 Å². The van der Waals surface area contributed by atoms with Gasteiger partial charge < -0.3 is 9.84 Å². The van der Waals surface area contributed by atoms with Crippen LogP contribution >= 0.6 is 11.6 Å². The molecule has 8 heteroatoms. The lowest BCUT2D eigenvalue weighted by atomic mass is 9.99. The number of aromatic nitrogens is 1. The van der Waals surface area contributed by atoms with Gasteiger partial charge >= 0.3 is 6.18 Å². The van der Waals surface area contributed by atoms with Crippen LogP contribution in [0.25, 0.3) is 11.1 Å². The summed E-state index contributed by atoms with van der Waals surface area (Å²) in [6, 6.07) is 3.06. The highest BCUT2D eigenvalue weighted by atomic mass is 35.5. The Balaban J connectivity index is 2.68. The maximum atomic E-state index is 14.5. The molecule has 0 amide bonds. The molecule has 1 atom stereocenters. The summed E-state index contributed by atoms with van der Waals surface area (Å²) >= 11 is 5.85. The van der Waals surface area contributed by atoms with Gasteiger partial charge in [-0.2, -0.15) is 13.2 Å². The van der Waals surface area contributed by atoms with E-state index in [1.807, 2.05) is 0 Å². The zero-order valence-corrected chi connectivity index (χ0v) is 13.5. The minimum Gasteiger partial charge on any atom is -0.493 e. The number of nitrogens with zero attached hydrogens (tertiary/aromatic N) is 1. The van der Waals surface area contributed by atoms with Crippen LogP contribution in [-0.2, 0) is 6.18 Å². The molecular weight excluding hydrogens is 350 g/mol. The van der Waals surface area contributed by atoms with Crippen molar-refractivity contribution in [3.8, 4) is 16.9 Å². The topological polar surface area (TPSA) is 42.4 Å². The van der Waals surface area contributed by atoms with Gasteiger partial charge in [0.25, 0.3) is 0 Å². The molecule has 0 saturated heterocycles. The molecule has 0 fully saturated rings. The van der Waals surface area contributed by atoms with Gasteiger partial charge in [0.05, 0.1) is 23.3 Å². The molecule has 3 nitrogen and oxygen atoms in total. The number of benzene rings is 1. The number of aliphatic hydroxyl groups is 1. The van der Waals surface area contributed by atoms with Crippen LogP contribution in [0.4, 0.5) is 17.6 Å². The van der Waals surface area contributed by atoms with Crippen LogP contribution in [0, 0.1) is 5.82 Å². The van der Waals surface area contributed by atoms with E-state index in [0.29, 0.717) is 0 Å². The Hall–Kier alpha value is -1.86. The molecule has 1 aromatic heterocycles. The van der Waals surface area contributed by atoms with Gasteiger partial charge in [0.2, 0.25) is 0 Å². The van der Waals surface area contributed by atoms with Gasteiger partial charge in [0.1, 0.15) is 11.4 Å². The Morgan fingerprint density at radius 2 is 2.00 bits per heavy atom. The van der Waals surface area contributed by atoms with Crippen LogP contribution in [0.5, 0.6) is 5.75 Å². The second-order valence-electron chi connectivity index (χ2n) is 5.00. The van der Waals surface area contributed by atoms with Crippen molar-refractivity contribution in [3.05, 3.63) is 46.5 Å². The molecule has 1 heterocycles. The predicted octanol–water partition coefficient (Wildman–Crippen LogP) is 5.01. The number of aliphatic hydroxyl groups excluding tert-OH is 1. The van der Waals surface area contributed by atoms with Crippen molar-refractivity contribution in [3.63, 3.8) is 0 Å². The first-order valence-corrected chi connectivity index (χ1v) is 7.41.